The van der Waals surface area contributed by atoms with Crippen molar-refractivity contribution in [2.45, 2.75) is 6.42 Å². The van der Waals surface area contributed by atoms with Gasteiger partial charge < -0.3 is 5.11 Å². The Hall–Kier alpha value is -0.350. The van der Waals surface area contributed by atoms with Crippen LogP contribution in [-0.2, 0) is 11.2 Å². The molecule has 0 unspecified atom stereocenters. The number of carbonyl (C=O) groups is 1. The van der Waals surface area contributed by atoms with Crippen molar-refractivity contribution in [3.8, 4) is 0 Å². The molecule has 0 bridgehead atoms. The number of hydrogen-bond acceptors (Lipinski definition) is 1. The van der Waals surface area contributed by atoms with Crippen molar-refractivity contribution in [1.29, 1.82) is 0 Å². The molecule has 0 saturated carbocycles. The average Bonchev–Trinajstić information content (AvgIpc) is 1.96. The molecular weight excluding hydrogens is 288 g/mol. The summed E-state index contributed by atoms with van der Waals surface area (Å²) in [5, 5.41) is 8.50. The molecule has 0 aliphatic heterocycles. The molecule has 1 aromatic carbocycles. The normalized spacial score (nSPS) is 9.83. The van der Waals surface area contributed by atoms with E-state index in [2.05, 4.69) is 31.9 Å². The van der Waals surface area contributed by atoms with E-state index < -0.39 is 5.97 Å². The Morgan fingerprint density at radius 3 is 2.50 bits per heavy atom. The molecule has 0 heterocycles. The van der Waals surface area contributed by atoms with Gasteiger partial charge in [-0.15, -0.1) is 0 Å². The van der Waals surface area contributed by atoms with Crippen molar-refractivity contribution in [3.63, 3.8) is 0 Å². The maximum atomic E-state index is 10.3. The second-order valence-corrected chi connectivity index (χ2v) is 4.03. The summed E-state index contributed by atoms with van der Waals surface area (Å²) in [7, 11) is 0. The van der Waals surface area contributed by atoms with E-state index in [1.165, 1.54) is 0 Å². The van der Waals surface area contributed by atoms with Gasteiger partial charge >= 0.3 is 5.97 Å². The molecule has 0 aliphatic carbocycles. The van der Waals surface area contributed by atoms with Crippen LogP contribution in [-0.4, -0.2) is 11.1 Å². The van der Waals surface area contributed by atoms with E-state index >= 15 is 0 Å². The third-order valence-corrected chi connectivity index (χ3v) is 3.22. The molecule has 0 radical (unpaired) electrons. The molecule has 1 N–H and O–H groups in total. The Balaban J connectivity index is 2.89. The summed E-state index contributed by atoms with van der Waals surface area (Å²) in [5.74, 6) is -0.816. The molecule has 1 aromatic rings. The van der Waals surface area contributed by atoms with Crippen molar-refractivity contribution in [3.05, 3.63) is 32.7 Å². The number of carboxylic acid groups (broad SMARTS) is 1. The highest BCUT2D eigenvalue weighted by molar-refractivity contribution is 9.13. The monoisotopic (exact) mass is 292 g/mol. The zero-order valence-electron chi connectivity index (χ0n) is 6.05. The van der Waals surface area contributed by atoms with Gasteiger partial charge in [-0.2, -0.15) is 0 Å². The standard InChI is InChI=1S/C8H6Br2O2/c9-6-2-1-5(3-7(6)10)4-8(11)12/h1-3H,4H2,(H,11,12). The van der Waals surface area contributed by atoms with Crippen LogP contribution in [0.5, 0.6) is 0 Å². The van der Waals surface area contributed by atoms with Crippen LogP contribution in [0, 0.1) is 0 Å². The van der Waals surface area contributed by atoms with Crippen LogP contribution in [0.3, 0.4) is 0 Å². The van der Waals surface area contributed by atoms with Crippen LogP contribution in [0.25, 0.3) is 0 Å². The lowest BCUT2D eigenvalue weighted by Gasteiger charge is -1.99. The fourth-order valence-corrected chi connectivity index (χ4v) is 1.50. The first-order chi connectivity index (χ1) is 5.59. The van der Waals surface area contributed by atoms with E-state index in [0.717, 1.165) is 14.5 Å². The maximum Gasteiger partial charge on any atom is 0.307 e. The third-order valence-electron chi connectivity index (χ3n) is 1.34. The minimum atomic E-state index is -0.816. The van der Waals surface area contributed by atoms with Crippen molar-refractivity contribution in [1.82, 2.24) is 0 Å². The largest absolute Gasteiger partial charge is 0.481 e. The van der Waals surface area contributed by atoms with Crippen molar-refractivity contribution < 1.29 is 9.90 Å². The number of hydrogen-bond donors (Lipinski definition) is 1. The maximum absolute atomic E-state index is 10.3. The highest BCUT2D eigenvalue weighted by atomic mass is 79.9. The molecule has 2 nitrogen and oxygen atoms in total. The quantitative estimate of drug-likeness (QED) is 0.910. The Labute approximate surface area is 86.9 Å². The van der Waals surface area contributed by atoms with Crippen LogP contribution in [0.4, 0.5) is 0 Å². The predicted molar refractivity (Wildman–Crippen MR) is 53.2 cm³/mol. The lowest BCUT2D eigenvalue weighted by atomic mass is 10.2. The lowest BCUT2D eigenvalue weighted by molar-refractivity contribution is -0.136. The highest BCUT2D eigenvalue weighted by Gasteiger charge is 2.02. The summed E-state index contributed by atoms with van der Waals surface area (Å²) >= 11 is 6.60. The summed E-state index contributed by atoms with van der Waals surface area (Å²) in [6, 6.07) is 5.39. The van der Waals surface area contributed by atoms with Gasteiger partial charge in [0.1, 0.15) is 0 Å². The van der Waals surface area contributed by atoms with E-state index in [1.54, 1.807) is 12.1 Å². The number of halogens is 2. The van der Waals surface area contributed by atoms with Crippen LogP contribution < -0.4 is 0 Å². The van der Waals surface area contributed by atoms with Gasteiger partial charge in [-0.1, -0.05) is 6.07 Å². The highest BCUT2D eigenvalue weighted by Crippen LogP contribution is 2.23. The van der Waals surface area contributed by atoms with Gasteiger partial charge in [0.15, 0.2) is 0 Å². The molecule has 0 saturated heterocycles. The Morgan fingerprint density at radius 2 is 2.00 bits per heavy atom. The van der Waals surface area contributed by atoms with Gasteiger partial charge in [-0.3, -0.25) is 4.79 Å². The summed E-state index contributed by atoms with van der Waals surface area (Å²) in [6.07, 6.45) is 0.0614. The number of aliphatic carboxylic acids is 1. The first kappa shape index (κ1) is 9.74. The number of rotatable bonds is 2. The molecule has 4 heteroatoms. The van der Waals surface area contributed by atoms with E-state index in [9.17, 15) is 4.79 Å². The summed E-state index contributed by atoms with van der Waals surface area (Å²) in [6.45, 7) is 0. The van der Waals surface area contributed by atoms with E-state index in [1.807, 2.05) is 6.07 Å². The first-order valence-corrected chi connectivity index (χ1v) is 4.84. The fourth-order valence-electron chi connectivity index (χ4n) is 0.824. The first-order valence-electron chi connectivity index (χ1n) is 3.25. The predicted octanol–water partition coefficient (Wildman–Crippen LogP) is 2.84. The minimum absolute atomic E-state index is 0.0614. The third kappa shape index (κ3) is 2.60. The fraction of sp³-hybridized carbons (Fsp3) is 0.125. The average molecular weight is 294 g/mol. The summed E-state index contributed by atoms with van der Waals surface area (Å²) in [5.41, 5.74) is 0.789. The van der Waals surface area contributed by atoms with E-state index in [0.29, 0.717) is 0 Å². The van der Waals surface area contributed by atoms with E-state index in [-0.39, 0.29) is 6.42 Å². The molecule has 12 heavy (non-hydrogen) atoms. The topological polar surface area (TPSA) is 37.3 Å². The molecule has 1 rings (SSSR count). The zero-order chi connectivity index (χ0) is 9.14. The SMILES string of the molecule is O=C(O)Cc1ccc(Br)c(Br)c1. The Bertz CT molecular complexity index is 310. The molecule has 64 valence electrons. The summed E-state index contributed by atoms with van der Waals surface area (Å²) < 4.78 is 1.80. The molecule has 0 amide bonds. The zero-order valence-corrected chi connectivity index (χ0v) is 9.22. The second kappa shape index (κ2) is 4.05. The van der Waals surface area contributed by atoms with Crippen LogP contribution in [0.15, 0.2) is 27.1 Å². The van der Waals surface area contributed by atoms with Gasteiger partial charge in [0.05, 0.1) is 6.42 Å². The van der Waals surface area contributed by atoms with Crippen molar-refractivity contribution in [2.75, 3.05) is 0 Å². The Kier molecular flexibility index (Phi) is 3.29. The molecule has 0 spiro atoms. The van der Waals surface area contributed by atoms with Crippen LogP contribution in [0.1, 0.15) is 5.56 Å². The van der Waals surface area contributed by atoms with Crippen molar-refractivity contribution >= 4 is 37.8 Å². The van der Waals surface area contributed by atoms with E-state index in [4.69, 9.17) is 5.11 Å². The Morgan fingerprint density at radius 1 is 1.33 bits per heavy atom. The summed E-state index contributed by atoms with van der Waals surface area (Å²) in [4.78, 5) is 10.3. The van der Waals surface area contributed by atoms with Gasteiger partial charge in [-0.05, 0) is 49.6 Å². The number of carboxylic acids is 1. The van der Waals surface area contributed by atoms with Gasteiger partial charge in [-0.25, -0.2) is 0 Å². The number of benzene rings is 1. The lowest BCUT2D eigenvalue weighted by Crippen LogP contribution is -1.99. The van der Waals surface area contributed by atoms with Crippen LogP contribution in [0.2, 0.25) is 0 Å². The van der Waals surface area contributed by atoms with Crippen LogP contribution >= 0.6 is 31.9 Å². The molecule has 0 fully saturated rings. The van der Waals surface area contributed by atoms with Gasteiger partial charge in [0.2, 0.25) is 0 Å². The van der Waals surface area contributed by atoms with Gasteiger partial charge in [0, 0.05) is 8.95 Å². The molecule has 0 aromatic heterocycles. The molecule has 0 aliphatic rings. The molecule has 0 atom stereocenters. The van der Waals surface area contributed by atoms with Crippen molar-refractivity contribution in [2.24, 2.45) is 0 Å². The smallest absolute Gasteiger partial charge is 0.307 e. The molecular formula is C8H6Br2O2. The second-order valence-electron chi connectivity index (χ2n) is 2.32. The van der Waals surface area contributed by atoms with Gasteiger partial charge in [0.25, 0.3) is 0 Å². The minimum Gasteiger partial charge on any atom is -0.481 e.